The van der Waals surface area contributed by atoms with Crippen molar-refractivity contribution < 1.29 is 4.79 Å². The van der Waals surface area contributed by atoms with Gasteiger partial charge in [0.1, 0.15) is 0 Å². The second kappa shape index (κ2) is 6.67. The van der Waals surface area contributed by atoms with E-state index in [1.54, 1.807) is 24.3 Å². The molecule has 0 saturated carbocycles. The number of carbonyl (C=O) groups excluding carboxylic acids is 1. The van der Waals surface area contributed by atoms with E-state index in [1.807, 2.05) is 38.1 Å². The molecule has 21 heavy (non-hydrogen) atoms. The smallest absolute Gasteiger partial charge is 0.252 e. The molecule has 106 valence electrons. The predicted octanol–water partition coefficient (Wildman–Crippen LogP) is 2.62. The molecule has 1 N–H and O–H groups in total. The zero-order valence-corrected chi connectivity index (χ0v) is 12.1. The number of nitrogens with zero attached hydrogens (tertiary/aromatic N) is 2. The zero-order chi connectivity index (χ0) is 15.2. The van der Waals surface area contributed by atoms with Gasteiger partial charge >= 0.3 is 0 Å². The lowest BCUT2D eigenvalue weighted by Crippen LogP contribution is -2.34. The number of aryl methyl sites for hydroxylation is 1. The van der Waals surface area contributed by atoms with Crippen LogP contribution in [0.4, 0.5) is 0 Å². The van der Waals surface area contributed by atoms with E-state index < -0.39 is 0 Å². The fourth-order valence-corrected chi connectivity index (χ4v) is 2.16. The first kappa shape index (κ1) is 14.7. The van der Waals surface area contributed by atoms with Gasteiger partial charge in [0.2, 0.25) is 0 Å². The quantitative estimate of drug-likeness (QED) is 0.935. The molecule has 4 heteroatoms. The minimum atomic E-state index is -0.229. The van der Waals surface area contributed by atoms with Crippen LogP contribution in [-0.2, 0) is 6.42 Å². The summed E-state index contributed by atoms with van der Waals surface area (Å²) in [5, 5.41) is 11.9. The molecule has 4 nitrogen and oxygen atoms in total. The van der Waals surface area contributed by atoms with Crippen LogP contribution >= 0.6 is 0 Å². The number of hydrogen-bond donors (Lipinski definition) is 1. The SMILES string of the molecule is Cc1cccc(C[C@H](C)NC(=O)c2ccccc2C#N)n1. The maximum atomic E-state index is 12.2. The summed E-state index contributed by atoms with van der Waals surface area (Å²) < 4.78 is 0. The van der Waals surface area contributed by atoms with E-state index in [4.69, 9.17) is 5.26 Å². The van der Waals surface area contributed by atoms with Crippen molar-refractivity contribution in [2.45, 2.75) is 26.3 Å². The van der Waals surface area contributed by atoms with E-state index in [-0.39, 0.29) is 11.9 Å². The highest BCUT2D eigenvalue weighted by molar-refractivity contribution is 5.96. The largest absolute Gasteiger partial charge is 0.349 e. The number of benzene rings is 1. The van der Waals surface area contributed by atoms with Crippen LogP contribution in [0.1, 0.15) is 34.2 Å². The van der Waals surface area contributed by atoms with Crippen molar-refractivity contribution in [1.82, 2.24) is 10.3 Å². The van der Waals surface area contributed by atoms with Gasteiger partial charge in [-0.25, -0.2) is 0 Å². The van der Waals surface area contributed by atoms with Gasteiger partial charge in [-0.3, -0.25) is 9.78 Å². The molecule has 1 atom stereocenters. The Morgan fingerprint density at radius 3 is 2.76 bits per heavy atom. The molecule has 2 aromatic rings. The van der Waals surface area contributed by atoms with Crippen molar-refractivity contribution in [3.8, 4) is 6.07 Å². The fourth-order valence-electron chi connectivity index (χ4n) is 2.16. The van der Waals surface area contributed by atoms with Crippen molar-refractivity contribution in [3.63, 3.8) is 0 Å². The molecule has 0 aliphatic heterocycles. The molecule has 0 unspecified atom stereocenters. The van der Waals surface area contributed by atoms with Crippen LogP contribution in [-0.4, -0.2) is 16.9 Å². The van der Waals surface area contributed by atoms with E-state index in [0.717, 1.165) is 11.4 Å². The van der Waals surface area contributed by atoms with Crippen LogP contribution < -0.4 is 5.32 Å². The lowest BCUT2D eigenvalue weighted by Gasteiger charge is -2.14. The average molecular weight is 279 g/mol. The van der Waals surface area contributed by atoms with Gasteiger partial charge in [-0.2, -0.15) is 5.26 Å². The summed E-state index contributed by atoms with van der Waals surface area (Å²) in [4.78, 5) is 16.6. The van der Waals surface area contributed by atoms with E-state index in [1.165, 1.54) is 0 Å². The van der Waals surface area contributed by atoms with Gasteiger partial charge in [0.05, 0.1) is 17.2 Å². The van der Waals surface area contributed by atoms with Crippen molar-refractivity contribution in [2.24, 2.45) is 0 Å². The summed E-state index contributed by atoms with van der Waals surface area (Å²) in [5.41, 5.74) is 2.69. The van der Waals surface area contributed by atoms with Gasteiger partial charge in [-0.05, 0) is 38.1 Å². The maximum Gasteiger partial charge on any atom is 0.252 e. The molecule has 1 amide bonds. The molecule has 0 fully saturated rings. The molecule has 1 heterocycles. The van der Waals surface area contributed by atoms with Crippen molar-refractivity contribution >= 4 is 5.91 Å². The number of amides is 1. The van der Waals surface area contributed by atoms with Gasteiger partial charge < -0.3 is 5.32 Å². The van der Waals surface area contributed by atoms with Crippen molar-refractivity contribution in [3.05, 3.63) is 65.0 Å². The first-order chi connectivity index (χ1) is 10.1. The Kier molecular flexibility index (Phi) is 4.68. The minimum absolute atomic E-state index is 0.0569. The highest BCUT2D eigenvalue weighted by Crippen LogP contribution is 2.08. The lowest BCUT2D eigenvalue weighted by atomic mass is 10.1. The van der Waals surface area contributed by atoms with Crippen LogP contribution in [0.15, 0.2) is 42.5 Å². The van der Waals surface area contributed by atoms with Crippen LogP contribution in [0.3, 0.4) is 0 Å². The average Bonchev–Trinajstić information content (AvgIpc) is 2.47. The molecule has 0 bridgehead atoms. The lowest BCUT2D eigenvalue weighted by molar-refractivity contribution is 0.0939. The second-order valence-electron chi connectivity index (χ2n) is 5.01. The predicted molar refractivity (Wildman–Crippen MR) is 80.8 cm³/mol. The Morgan fingerprint density at radius 2 is 2.05 bits per heavy atom. The van der Waals surface area contributed by atoms with Crippen molar-refractivity contribution in [2.75, 3.05) is 0 Å². The summed E-state index contributed by atoms with van der Waals surface area (Å²) in [5.74, 6) is -0.229. The molecule has 0 aliphatic rings. The van der Waals surface area contributed by atoms with Crippen LogP contribution in [0, 0.1) is 18.3 Å². The normalized spacial score (nSPS) is 11.5. The van der Waals surface area contributed by atoms with E-state index >= 15 is 0 Å². The Bertz CT molecular complexity index is 688. The molecular formula is C17H17N3O. The summed E-state index contributed by atoms with van der Waals surface area (Å²) in [6.07, 6.45) is 0.655. The Morgan fingerprint density at radius 1 is 1.29 bits per heavy atom. The number of aromatic nitrogens is 1. The van der Waals surface area contributed by atoms with Gasteiger partial charge in [0, 0.05) is 23.9 Å². The molecule has 1 aromatic carbocycles. The molecule has 0 aliphatic carbocycles. The summed E-state index contributed by atoms with van der Waals surface area (Å²) in [6.45, 7) is 3.87. The number of carbonyl (C=O) groups is 1. The third-order valence-corrected chi connectivity index (χ3v) is 3.13. The molecule has 1 aromatic heterocycles. The monoisotopic (exact) mass is 279 g/mol. The number of hydrogen-bond acceptors (Lipinski definition) is 3. The molecular weight excluding hydrogens is 262 g/mol. The second-order valence-corrected chi connectivity index (χ2v) is 5.01. The third-order valence-electron chi connectivity index (χ3n) is 3.13. The van der Waals surface area contributed by atoms with Crippen LogP contribution in [0.5, 0.6) is 0 Å². The van der Waals surface area contributed by atoms with E-state index in [2.05, 4.69) is 10.3 Å². The van der Waals surface area contributed by atoms with E-state index in [0.29, 0.717) is 17.5 Å². The first-order valence-corrected chi connectivity index (χ1v) is 6.82. The number of pyridine rings is 1. The molecule has 0 radical (unpaired) electrons. The minimum Gasteiger partial charge on any atom is -0.349 e. The van der Waals surface area contributed by atoms with Gasteiger partial charge in [0.15, 0.2) is 0 Å². The molecule has 0 saturated heterocycles. The number of nitrogens with one attached hydrogen (secondary N) is 1. The summed E-state index contributed by atoms with van der Waals surface area (Å²) in [6, 6.07) is 14.6. The van der Waals surface area contributed by atoms with Gasteiger partial charge in [-0.1, -0.05) is 18.2 Å². The van der Waals surface area contributed by atoms with Gasteiger partial charge in [0.25, 0.3) is 5.91 Å². The standard InChI is InChI=1S/C17H17N3O/c1-12-6-5-8-15(19-12)10-13(2)20-17(21)16-9-4-3-7-14(16)11-18/h3-9,13H,10H2,1-2H3,(H,20,21)/t13-/m0/s1. The highest BCUT2D eigenvalue weighted by Gasteiger charge is 2.14. The molecule has 2 rings (SSSR count). The first-order valence-electron chi connectivity index (χ1n) is 6.82. The summed E-state index contributed by atoms with van der Waals surface area (Å²) in [7, 11) is 0. The van der Waals surface area contributed by atoms with Gasteiger partial charge in [-0.15, -0.1) is 0 Å². The van der Waals surface area contributed by atoms with E-state index in [9.17, 15) is 4.79 Å². The summed E-state index contributed by atoms with van der Waals surface area (Å²) >= 11 is 0. The van der Waals surface area contributed by atoms with Crippen LogP contribution in [0.2, 0.25) is 0 Å². The Balaban J connectivity index is 2.04. The highest BCUT2D eigenvalue weighted by atomic mass is 16.1. The number of nitriles is 1. The third kappa shape index (κ3) is 3.90. The fraction of sp³-hybridized carbons (Fsp3) is 0.235. The zero-order valence-electron chi connectivity index (χ0n) is 12.1. The Hall–Kier alpha value is -2.67. The topological polar surface area (TPSA) is 65.8 Å². The number of rotatable bonds is 4. The van der Waals surface area contributed by atoms with Crippen LogP contribution in [0.25, 0.3) is 0 Å². The molecule has 0 spiro atoms. The van der Waals surface area contributed by atoms with Crippen molar-refractivity contribution in [1.29, 1.82) is 5.26 Å². The Labute approximate surface area is 124 Å². The maximum absolute atomic E-state index is 12.2.